The lowest BCUT2D eigenvalue weighted by Gasteiger charge is -2.16. The summed E-state index contributed by atoms with van der Waals surface area (Å²) >= 11 is 0. The lowest BCUT2D eigenvalue weighted by Crippen LogP contribution is -2.20. The third-order valence-electron chi connectivity index (χ3n) is 5.00. The van der Waals surface area contributed by atoms with Crippen LogP contribution in [-0.4, -0.2) is 28.0 Å². The Labute approximate surface area is 149 Å². The molecule has 2 heterocycles. The van der Waals surface area contributed by atoms with Gasteiger partial charge in [-0.1, -0.05) is 18.2 Å². The molecule has 1 fully saturated rings. The highest BCUT2D eigenvalue weighted by Gasteiger charge is 2.30. The molecule has 0 bridgehead atoms. The first-order valence-corrected chi connectivity index (χ1v) is 8.73. The Kier molecular flexibility index (Phi) is 4.23. The van der Waals surface area contributed by atoms with E-state index in [4.69, 9.17) is 4.98 Å². The number of nitrogens with zero attached hydrogens (tertiary/aromatic N) is 2. The van der Waals surface area contributed by atoms with Crippen LogP contribution in [0.25, 0.3) is 11.0 Å². The monoisotopic (exact) mass is 359 g/mol. The largest absolute Gasteiger partial charge is 0.416 e. The predicted octanol–water partition coefficient (Wildman–Crippen LogP) is 4.88. The van der Waals surface area contributed by atoms with Gasteiger partial charge in [-0.3, -0.25) is 4.90 Å². The first-order valence-electron chi connectivity index (χ1n) is 8.73. The predicted molar refractivity (Wildman–Crippen MR) is 94.9 cm³/mol. The van der Waals surface area contributed by atoms with Crippen LogP contribution in [0.3, 0.4) is 0 Å². The number of rotatable bonds is 3. The number of imidazole rings is 1. The van der Waals surface area contributed by atoms with Crippen LogP contribution in [0.4, 0.5) is 13.2 Å². The van der Waals surface area contributed by atoms with E-state index in [9.17, 15) is 13.2 Å². The zero-order valence-electron chi connectivity index (χ0n) is 14.5. The average Bonchev–Trinajstić information content (AvgIpc) is 3.20. The number of hydrogen-bond donors (Lipinski definition) is 1. The molecule has 26 heavy (non-hydrogen) atoms. The standard InChI is InChI=1S/C20H20F3N3/c1-13-2-7-17-18(10-13)25-19(24-17)15-8-9-26(12-15)11-14-3-5-16(6-4-14)20(21,22)23/h2-7,10,15H,8-9,11-12H2,1H3,(H,24,25). The van der Waals surface area contributed by atoms with E-state index >= 15 is 0 Å². The van der Waals surface area contributed by atoms with E-state index in [1.165, 1.54) is 5.56 Å². The molecule has 4 rings (SSSR count). The molecule has 0 saturated carbocycles. The van der Waals surface area contributed by atoms with E-state index in [1.807, 2.05) is 6.07 Å². The highest BCUT2D eigenvalue weighted by Crippen LogP contribution is 2.31. The Balaban J connectivity index is 1.43. The summed E-state index contributed by atoms with van der Waals surface area (Å²) < 4.78 is 38.0. The van der Waals surface area contributed by atoms with E-state index < -0.39 is 11.7 Å². The van der Waals surface area contributed by atoms with Gasteiger partial charge in [0.15, 0.2) is 0 Å². The summed E-state index contributed by atoms with van der Waals surface area (Å²) in [6.45, 7) is 4.50. The lowest BCUT2D eigenvalue weighted by atomic mass is 10.1. The summed E-state index contributed by atoms with van der Waals surface area (Å²) in [4.78, 5) is 10.4. The van der Waals surface area contributed by atoms with Crippen molar-refractivity contribution >= 4 is 11.0 Å². The topological polar surface area (TPSA) is 31.9 Å². The number of fused-ring (bicyclic) bond motifs is 1. The molecular formula is C20H20F3N3. The molecule has 136 valence electrons. The van der Waals surface area contributed by atoms with E-state index in [-0.39, 0.29) is 0 Å². The van der Waals surface area contributed by atoms with Gasteiger partial charge in [0.2, 0.25) is 0 Å². The number of nitrogens with one attached hydrogen (secondary N) is 1. The number of likely N-dealkylation sites (tertiary alicyclic amines) is 1. The number of alkyl halides is 3. The van der Waals surface area contributed by atoms with Crippen molar-refractivity contribution in [3.63, 3.8) is 0 Å². The SMILES string of the molecule is Cc1ccc2nc(C3CCN(Cc4ccc(C(F)(F)F)cc4)C3)[nH]c2c1. The Morgan fingerprint density at radius 1 is 1.15 bits per heavy atom. The van der Waals surface area contributed by atoms with E-state index in [2.05, 4.69) is 28.9 Å². The molecule has 3 aromatic rings. The second-order valence-electron chi connectivity index (χ2n) is 7.06. The zero-order valence-corrected chi connectivity index (χ0v) is 14.5. The second-order valence-corrected chi connectivity index (χ2v) is 7.06. The van der Waals surface area contributed by atoms with Gasteiger partial charge in [-0.15, -0.1) is 0 Å². The quantitative estimate of drug-likeness (QED) is 0.723. The van der Waals surface area contributed by atoms with Crippen LogP contribution in [-0.2, 0) is 12.7 Å². The van der Waals surface area contributed by atoms with Crippen LogP contribution in [0.2, 0.25) is 0 Å². The van der Waals surface area contributed by atoms with Crippen LogP contribution in [0.5, 0.6) is 0 Å². The second kappa shape index (κ2) is 6.43. The Hall–Kier alpha value is -2.34. The van der Waals surface area contributed by atoms with Gasteiger partial charge >= 0.3 is 6.18 Å². The molecule has 1 unspecified atom stereocenters. The fourth-order valence-electron chi connectivity index (χ4n) is 3.59. The number of aryl methyl sites for hydroxylation is 1. The Morgan fingerprint density at radius 2 is 1.92 bits per heavy atom. The van der Waals surface area contributed by atoms with Crippen molar-refractivity contribution in [2.75, 3.05) is 13.1 Å². The number of aromatic nitrogens is 2. The fourth-order valence-corrected chi connectivity index (χ4v) is 3.59. The highest BCUT2D eigenvalue weighted by molar-refractivity contribution is 5.75. The molecular weight excluding hydrogens is 339 g/mol. The summed E-state index contributed by atoms with van der Waals surface area (Å²) in [5.74, 6) is 1.33. The molecule has 3 nitrogen and oxygen atoms in total. The molecule has 0 spiro atoms. The van der Waals surface area contributed by atoms with Gasteiger partial charge in [0.1, 0.15) is 5.82 Å². The van der Waals surface area contributed by atoms with Gasteiger partial charge in [-0.2, -0.15) is 13.2 Å². The maximum atomic E-state index is 12.7. The molecule has 2 aromatic carbocycles. The van der Waals surface area contributed by atoms with Gasteiger partial charge in [0, 0.05) is 19.0 Å². The van der Waals surface area contributed by atoms with Crippen molar-refractivity contribution in [1.29, 1.82) is 0 Å². The molecule has 0 amide bonds. The maximum Gasteiger partial charge on any atom is 0.416 e. The normalized spacial score (nSPS) is 18.7. The third kappa shape index (κ3) is 3.46. The van der Waals surface area contributed by atoms with E-state index in [0.29, 0.717) is 12.5 Å². The van der Waals surface area contributed by atoms with Crippen molar-refractivity contribution < 1.29 is 13.2 Å². The minimum Gasteiger partial charge on any atom is -0.342 e. The first-order chi connectivity index (χ1) is 12.4. The minimum atomic E-state index is -4.28. The molecule has 1 atom stereocenters. The summed E-state index contributed by atoms with van der Waals surface area (Å²) in [6, 6.07) is 11.6. The minimum absolute atomic E-state index is 0.331. The third-order valence-corrected chi connectivity index (χ3v) is 5.00. The van der Waals surface area contributed by atoms with Crippen molar-refractivity contribution in [1.82, 2.24) is 14.9 Å². The smallest absolute Gasteiger partial charge is 0.342 e. The summed E-state index contributed by atoms with van der Waals surface area (Å²) in [5, 5.41) is 0. The van der Waals surface area contributed by atoms with Crippen molar-refractivity contribution in [2.45, 2.75) is 32.0 Å². The van der Waals surface area contributed by atoms with Crippen molar-refractivity contribution in [3.05, 3.63) is 65.0 Å². The number of halogens is 3. The Bertz CT molecular complexity index is 912. The number of aromatic amines is 1. The molecule has 6 heteroatoms. The summed E-state index contributed by atoms with van der Waals surface area (Å²) in [7, 11) is 0. The van der Waals surface area contributed by atoms with Gasteiger partial charge in [0.05, 0.1) is 16.6 Å². The molecule has 1 aromatic heterocycles. The molecule has 0 radical (unpaired) electrons. The fraction of sp³-hybridized carbons (Fsp3) is 0.350. The van der Waals surface area contributed by atoms with Gasteiger partial charge in [0.25, 0.3) is 0 Å². The molecule has 0 aliphatic carbocycles. The number of benzene rings is 2. The van der Waals surface area contributed by atoms with Crippen LogP contribution < -0.4 is 0 Å². The lowest BCUT2D eigenvalue weighted by molar-refractivity contribution is -0.137. The average molecular weight is 359 g/mol. The summed E-state index contributed by atoms with van der Waals surface area (Å²) in [6.07, 6.45) is -3.28. The molecule has 1 aliphatic rings. The number of H-pyrrole nitrogens is 1. The summed E-state index contributed by atoms with van der Waals surface area (Å²) in [5.41, 5.74) is 3.54. The number of hydrogen-bond acceptors (Lipinski definition) is 2. The molecule has 1 aliphatic heterocycles. The first kappa shape index (κ1) is 17.1. The Morgan fingerprint density at radius 3 is 2.65 bits per heavy atom. The zero-order chi connectivity index (χ0) is 18.3. The molecule has 1 saturated heterocycles. The highest BCUT2D eigenvalue weighted by atomic mass is 19.4. The van der Waals surface area contributed by atoms with Gasteiger partial charge in [-0.05, 0) is 55.3 Å². The van der Waals surface area contributed by atoms with Gasteiger partial charge in [-0.25, -0.2) is 4.98 Å². The maximum absolute atomic E-state index is 12.7. The van der Waals surface area contributed by atoms with Crippen LogP contribution in [0.15, 0.2) is 42.5 Å². The van der Waals surface area contributed by atoms with E-state index in [1.54, 1.807) is 12.1 Å². The van der Waals surface area contributed by atoms with Crippen LogP contribution in [0.1, 0.15) is 34.9 Å². The van der Waals surface area contributed by atoms with Gasteiger partial charge < -0.3 is 4.98 Å². The molecule has 1 N–H and O–H groups in total. The van der Waals surface area contributed by atoms with Crippen LogP contribution in [0, 0.1) is 6.92 Å². The van der Waals surface area contributed by atoms with Crippen molar-refractivity contribution in [2.24, 2.45) is 0 Å². The van der Waals surface area contributed by atoms with Crippen molar-refractivity contribution in [3.8, 4) is 0 Å². The van der Waals surface area contributed by atoms with E-state index in [0.717, 1.165) is 54.1 Å². The van der Waals surface area contributed by atoms with Crippen LogP contribution >= 0.6 is 0 Å².